The first-order chi connectivity index (χ1) is 15.4. The maximum atomic E-state index is 13.0. The second-order valence-electron chi connectivity index (χ2n) is 8.71. The number of rotatable bonds is 6. The fourth-order valence-corrected chi connectivity index (χ4v) is 6.44. The Balaban J connectivity index is 1.27. The smallest absolute Gasteiger partial charge is 0.251 e. The normalized spacial score (nSPS) is 23.0. The molecule has 3 aliphatic rings. The second-order valence-corrected chi connectivity index (χ2v) is 10.9. The van der Waals surface area contributed by atoms with Crippen molar-refractivity contribution in [2.45, 2.75) is 55.7 Å². The van der Waals surface area contributed by atoms with Crippen LogP contribution in [0.15, 0.2) is 36.7 Å². The van der Waals surface area contributed by atoms with Gasteiger partial charge in [0.05, 0.1) is 18.9 Å². The van der Waals surface area contributed by atoms with E-state index in [9.17, 15) is 13.2 Å². The van der Waals surface area contributed by atoms with E-state index in [1.165, 1.54) is 0 Å². The van der Waals surface area contributed by atoms with Gasteiger partial charge in [0.15, 0.2) is 6.10 Å². The van der Waals surface area contributed by atoms with Crippen LogP contribution in [0.1, 0.15) is 37.1 Å². The van der Waals surface area contributed by atoms with E-state index in [0.29, 0.717) is 39.0 Å². The highest BCUT2D eigenvalue weighted by Crippen LogP contribution is 2.42. The van der Waals surface area contributed by atoms with Gasteiger partial charge in [-0.1, -0.05) is 12.1 Å². The number of hydrogen-bond donors (Lipinski definition) is 1. The topological polar surface area (TPSA) is 103 Å². The summed E-state index contributed by atoms with van der Waals surface area (Å²) in [6, 6.07) is 7.53. The Hall–Kier alpha value is -2.43. The average Bonchev–Trinajstić information content (AvgIpc) is 3.57. The summed E-state index contributed by atoms with van der Waals surface area (Å²) in [5.41, 5.74) is 0.214. The van der Waals surface area contributed by atoms with Crippen LogP contribution in [0.3, 0.4) is 0 Å². The van der Waals surface area contributed by atoms with E-state index in [0.717, 1.165) is 30.0 Å². The number of fused-ring (bicyclic) bond motifs is 2. The highest BCUT2D eigenvalue weighted by molar-refractivity contribution is 7.90. The van der Waals surface area contributed by atoms with Crippen molar-refractivity contribution in [3.63, 3.8) is 0 Å². The van der Waals surface area contributed by atoms with Gasteiger partial charge in [0.2, 0.25) is 10.0 Å². The molecule has 2 fully saturated rings. The number of aromatic nitrogens is 2. The van der Waals surface area contributed by atoms with Crippen molar-refractivity contribution in [1.29, 1.82) is 0 Å². The fraction of sp³-hybridized carbons (Fsp3) is 0.545. The molecular formula is C22H28N4O5S. The van der Waals surface area contributed by atoms with Crippen LogP contribution < -0.4 is 10.1 Å². The monoisotopic (exact) mass is 460 g/mol. The number of nitrogens with zero attached hydrogens (tertiary/aromatic N) is 3. The zero-order valence-electron chi connectivity index (χ0n) is 18.1. The second kappa shape index (κ2) is 8.17. The summed E-state index contributed by atoms with van der Waals surface area (Å²) in [4.78, 5) is 17.5. The zero-order chi connectivity index (χ0) is 22.3. The molecule has 5 rings (SSSR count). The molecule has 0 unspecified atom stereocenters. The Morgan fingerprint density at radius 3 is 2.62 bits per heavy atom. The van der Waals surface area contributed by atoms with Crippen LogP contribution in [0.2, 0.25) is 0 Å². The van der Waals surface area contributed by atoms with Crippen molar-refractivity contribution in [3.8, 4) is 5.75 Å². The van der Waals surface area contributed by atoms with E-state index in [4.69, 9.17) is 9.47 Å². The quantitative estimate of drug-likeness (QED) is 0.699. The molecule has 1 amide bonds. The number of hydrogen-bond acceptors (Lipinski definition) is 6. The summed E-state index contributed by atoms with van der Waals surface area (Å²) < 4.78 is 40.4. The summed E-state index contributed by atoms with van der Waals surface area (Å²) in [6.07, 6.45) is 5.38. The first kappa shape index (κ1) is 21.4. The largest absolute Gasteiger partial charge is 0.497 e. The van der Waals surface area contributed by atoms with E-state index in [1.807, 2.05) is 35.0 Å². The summed E-state index contributed by atoms with van der Waals surface area (Å²) in [5.74, 6) is 1.35. The number of carbonyl (C=O) groups is 1. The summed E-state index contributed by atoms with van der Waals surface area (Å²) >= 11 is 0. The number of carbonyl (C=O) groups excluding carboxylic acids is 1. The number of imidazole rings is 1. The molecule has 0 bridgehead atoms. The van der Waals surface area contributed by atoms with Crippen LogP contribution in [-0.4, -0.2) is 59.7 Å². The Bertz CT molecular complexity index is 1090. The van der Waals surface area contributed by atoms with Crippen LogP contribution in [-0.2, 0) is 38.2 Å². The molecule has 0 radical (unpaired) electrons. The molecule has 9 nitrogen and oxygen atoms in total. The fourth-order valence-electron chi connectivity index (χ4n) is 4.60. The molecule has 2 aliphatic heterocycles. The SMILES string of the molecule is COc1ccc(CNC(=O)[C@H]2Cn3ccnc3C3(CCN(S(=O)(=O)C4CC4)CC3)O2)cc1. The molecule has 1 spiro atoms. The number of piperidine rings is 1. The van der Waals surface area contributed by atoms with Gasteiger partial charge in [0.1, 0.15) is 17.2 Å². The van der Waals surface area contributed by atoms with Crippen LogP contribution in [0.25, 0.3) is 0 Å². The molecule has 1 N–H and O–H groups in total. The average molecular weight is 461 g/mol. The van der Waals surface area contributed by atoms with Gasteiger partial charge in [0, 0.05) is 32.0 Å². The van der Waals surface area contributed by atoms with Crippen LogP contribution in [0.5, 0.6) is 5.75 Å². The van der Waals surface area contributed by atoms with E-state index in [2.05, 4.69) is 10.3 Å². The highest BCUT2D eigenvalue weighted by Gasteiger charge is 2.50. The first-order valence-electron chi connectivity index (χ1n) is 11.0. The number of amides is 1. The van der Waals surface area contributed by atoms with Crippen LogP contribution in [0, 0.1) is 0 Å². The van der Waals surface area contributed by atoms with E-state index < -0.39 is 21.7 Å². The Labute approximate surface area is 187 Å². The van der Waals surface area contributed by atoms with E-state index in [-0.39, 0.29) is 11.2 Å². The molecule has 2 aromatic rings. The molecular weight excluding hydrogens is 432 g/mol. The van der Waals surface area contributed by atoms with Gasteiger partial charge in [-0.15, -0.1) is 0 Å². The maximum Gasteiger partial charge on any atom is 0.251 e. The first-order valence-corrected chi connectivity index (χ1v) is 12.5. The van der Waals surface area contributed by atoms with Crippen molar-refractivity contribution in [2.75, 3.05) is 20.2 Å². The lowest BCUT2D eigenvalue weighted by Gasteiger charge is -2.45. The van der Waals surface area contributed by atoms with Gasteiger partial charge in [-0.3, -0.25) is 4.79 Å². The Kier molecular flexibility index (Phi) is 5.47. The third kappa shape index (κ3) is 3.91. The summed E-state index contributed by atoms with van der Waals surface area (Å²) in [5, 5.41) is 2.74. The molecule has 10 heteroatoms. The van der Waals surface area contributed by atoms with Gasteiger partial charge >= 0.3 is 0 Å². The number of ether oxygens (including phenoxy) is 2. The molecule has 1 aliphatic carbocycles. The predicted octanol–water partition coefficient (Wildman–Crippen LogP) is 1.39. The van der Waals surface area contributed by atoms with Crippen molar-refractivity contribution in [1.82, 2.24) is 19.2 Å². The molecule has 32 heavy (non-hydrogen) atoms. The van der Waals surface area contributed by atoms with Gasteiger partial charge in [-0.05, 0) is 43.4 Å². The minimum absolute atomic E-state index is 0.187. The predicted molar refractivity (Wildman–Crippen MR) is 116 cm³/mol. The standard InChI is InChI=1S/C22H28N4O5S/c1-30-17-4-2-16(3-5-17)14-24-20(27)19-15-25-13-10-23-21(25)22(31-19)8-11-26(12-9-22)32(28,29)18-6-7-18/h2-5,10,13,18-19H,6-9,11-12,14-15H2,1H3,(H,24,27)/t19-/m1/s1. The minimum atomic E-state index is -3.22. The summed E-state index contributed by atoms with van der Waals surface area (Å²) in [6.45, 7) is 1.53. The molecule has 1 aromatic carbocycles. The van der Waals surface area contributed by atoms with Gasteiger partial charge < -0.3 is 19.4 Å². The Morgan fingerprint density at radius 1 is 1.25 bits per heavy atom. The molecule has 1 atom stereocenters. The van der Waals surface area contributed by atoms with Gasteiger partial charge in [-0.2, -0.15) is 0 Å². The lowest BCUT2D eigenvalue weighted by Crippen LogP contribution is -2.54. The van der Waals surface area contributed by atoms with Crippen molar-refractivity contribution in [3.05, 3.63) is 48.0 Å². The molecule has 1 saturated heterocycles. The molecule has 1 aromatic heterocycles. The number of nitrogens with one attached hydrogen (secondary N) is 1. The van der Waals surface area contributed by atoms with E-state index in [1.54, 1.807) is 17.6 Å². The lowest BCUT2D eigenvalue weighted by atomic mass is 9.89. The van der Waals surface area contributed by atoms with E-state index >= 15 is 0 Å². The number of benzene rings is 1. The van der Waals surface area contributed by atoms with Crippen molar-refractivity contribution < 1.29 is 22.7 Å². The van der Waals surface area contributed by atoms with Gasteiger partial charge in [-0.25, -0.2) is 17.7 Å². The van der Waals surface area contributed by atoms with Crippen LogP contribution >= 0.6 is 0 Å². The number of methoxy groups -OCH3 is 1. The summed E-state index contributed by atoms with van der Waals surface area (Å²) in [7, 11) is -1.61. The maximum absolute atomic E-state index is 13.0. The number of sulfonamides is 1. The third-order valence-electron chi connectivity index (χ3n) is 6.61. The minimum Gasteiger partial charge on any atom is -0.497 e. The molecule has 172 valence electrons. The van der Waals surface area contributed by atoms with Crippen molar-refractivity contribution >= 4 is 15.9 Å². The van der Waals surface area contributed by atoms with Crippen LogP contribution in [0.4, 0.5) is 0 Å². The van der Waals surface area contributed by atoms with Crippen molar-refractivity contribution in [2.24, 2.45) is 0 Å². The lowest BCUT2D eigenvalue weighted by molar-refractivity contribution is -0.171. The van der Waals surface area contributed by atoms with Gasteiger partial charge in [0.25, 0.3) is 5.91 Å². The highest BCUT2D eigenvalue weighted by atomic mass is 32.2. The third-order valence-corrected chi connectivity index (χ3v) is 9.01. The Morgan fingerprint density at radius 2 is 1.97 bits per heavy atom. The molecule has 1 saturated carbocycles. The zero-order valence-corrected chi connectivity index (χ0v) is 18.9. The molecule has 3 heterocycles.